The Morgan fingerprint density at radius 3 is 2.50 bits per heavy atom. The van der Waals surface area contributed by atoms with Crippen molar-refractivity contribution in [2.24, 2.45) is 11.3 Å². The molecule has 0 aromatic carbocycles. The summed E-state index contributed by atoms with van der Waals surface area (Å²) in [6.07, 6.45) is 16.5. The number of rotatable bonds is 7. The van der Waals surface area contributed by atoms with Crippen LogP contribution in [-0.4, -0.2) is 11.2 Å². The molecule has 1 heteroatoms. The molecule has 0 aromatic heterocycles. The molecule has 1 N–H and O–H groups in total. The van der Waals surface area contributed by atoms with Crippen molar-refractivity contribution in [2.45, 2.75) is 71.8 Å². The smallest absolute Gasteiger partial charge is 0.0808 e. The van der Waals surface area contributed by atoms with Crippen LogP contribution in [0.2, 0.25) is 0 Å². The van der Waals surface area contributed by atoms with Crippen molar-refractivity contribution in [3.63, 3.8) is 0 Å². The quantitative estimate of drug-likeness (QED) is 0.615. The summed E-state index contributed by atoms with van der Waals surface area (Å²) < 4.78 is 0. The third kappa shape index (κ3) is 5.66. The molecule has 114 valence electrons. The monoisotopic (exact) mass is 276 g/mol. The fraction of sp³-hybridized carbons (Fsp3) is 0.684. The highest BCUT2D eigenvalue weighted by Crippen LogP contribution is 2.32. The van der Waals surface area contributed by atoms with Gasteiger partial charge in [-0.2, -0.15) is 0 Å². The molecule has 0 radical (unpaired) electrons. The first-order chi connectivity index (χ1) is 9.48. The lowest BCUT2D eigenvalue weighted by atomic mass is 9.79. The first kappa shape index (κ1) is 17.2. The van der Waals surface area contributed by atoms with Crippen LogP contribution >= 0.6 is 0 Å². The Morgan fingerprint density at radius 1 is 1.30 bits per heavy atom. The average molecular weight is 276 g/mol. The third-order valence-corrected chi connectivity index (χ3v) is 4.59. The molecule has 0 bridgehead atoms. The van der Waals surface area contributed by atoms with Gasteiger partial charge in [-0.25, -0.2) is 0 Å². The van der Waals surface area contributed by atoms with Gasteiger partial charge in [-0.3, -0.25) is 0 Å². The van der Waals surface area contributed by atoms with Crippen LogP contribution in [0.3, 0.4) is 0 Å². The van der Waals surface area contributed by atoms with Crippen molar-refractivity contribution in [1.82, 2.24) is 0 Å². The number of aliphatic hydroxyl groups excluding tert-OH is 1. The van der Waals surface area contributed by atoms with E-state index in [2.05, 4.69) is 39.5 Å². The molecule has 1 rings (SSSR count). The van der Waals surface area contributed by atoms with E-state index in [0.717, 1.165) is 12.8 Å². The number of hydrogen-bond donors (Lipinski definition) is 1. The van der Waals surface area contributed by atoms with E-state index in [1.165, 1.54) is 37.7 Å². The topological polar surface area (TPSA) is 20.2 Å². The van der Waals surface area contributed by atoms with E-state index in [9.17, 15) is 5.11 Å². The maximum atomic E-state index is 10.5. The van der Waals surface area contributed by atoms with Gasteiger partial charge in [0.05, 0.1) is 6.10 Å². The van der Waals surface area contributed by atoms with Crippen LogP contribution < -0.4 is 0 Å². The van der Waals surface area contributed by atoms with Crippen LogP contribution in [-0.2, 0) is 0 Å². The molecule has 1 fully saturated rings. The third-order valence-electron chi connectivity index (χ3n) is 4.59. The lowest BCUT2D eigenvalue weighted by Gasteiger charge is -2.30. The standard InChI is InChI=1S/C19H32O/c1-5-19(4,15-9-10-16(2)3)18(20)14-13-17-11-7-6-8-12-17/h5,10,13-14,17-18,20H,1,6-9,11-12,15H2,2-4H3/b14-13+/t18-,19+/m0/s1. The molecule has 20 heavy (non-hydrogen) atoms. The molecule has 0 aromatic rings. The molecule has 1 nitrogen and oxygen atoms in total. The Bertz CT molecular complexity index is 343. The summed E-state index contributed by atoms with van der Waals surface area (Å²) in [5, 5.41) is 10.5. The van der Waals surface area contributed by atoms with Crippen LogP contribution in [0.25, 0.3) is 0 Å². The van der Waals surface area contributed by atoms with Gasteiger partial charge in [0, 0.05) is 5.41 Å². The highest BCUT2D eigenvalue weighted by Gasteiger charge is 2.27. The predicted octanol–water partition coefficient (Wildman–Crippen LogP) is 5.42. The molecule has 0 amide bonds. The van der Waals surface area contributed by atoms with Gasteiger partial charge < -0.3 is 5.11 Å². The van der Waals surface area contributed by atoms with Gasteiger partial charge in [0.25, 0.3) is 0 Å². The van der Waals surface area contributed by atoms with E-state index in [0.29, 0.717) is 5.92 Å². The van der Waals surface area contributed by atoms with Crippen molar-refractivity contribution < 1.29 is 5.11 Å². The second-order valence-electron chi connectivity index (χ2n) is 6.76. The Hall–Kier alpha value is -0.820. The Balaban J connectivity index is 2.55. The van der Waals surface area contributed by atoms with E-state index in [4.69, 9.17) is 0 Å². The summed E-state index contributed by atoms with van der Waals surface area (Å²) in [6.45, 7) is 10.3. The summed E-state index contributed by atoms with van der Waals surface area (Å²) in [7, 11) is 0. The summed E-state index contributed by atoms with van der Waals surface area (Å²) in [5.74, 6) is 0.672. The van der Waals surface area contributed by atoms with Crippen LogP contribution in [0.1, 0.15) is 65.7 Å². The summed E-state index contributed by atoms with van der Waals surface area (Å²) >= 11 is 0. The highest BCUT2D eigenvalue weighted by atomic mass is 16.3. The molecule has 0 saturated heterocycles. The lowest BCUT2D eigenvalue weighted by molar-refractivity contribution is 0.106. The van der Waals surface area contributed by atoms with Gasteiger partial charge in [0.1, 0.15) is 0 Å². The lowest BCUT2D eigenvalue weighted by Crippen LogP contribution is -2.28. The van der Waals surface area contributed by atoms with E-state index in [1.54, 1.807) is 0 Å². The molecule has 0 heterocycles. The maximum absolute atomic E-state index is 10.5. The van der Waals surface area contributed by atoms with Gasteiger partial charge >= 0.3 is 0 Å². The number of allylic oxidation sites excluding steroid dienone is 3. The first-order valence-corrected chi connectivity index (χ1v) is 8.11. The number of hydrogen-bond acceptors (Lipinski definition) is 1. The highest BCUT2D eigenvalue weighted by molar-refractivity contribution is 5.08. The minimum atomic E-state index is -0.424. The second kappa shape index (κ2) is 8.46. The van der Waals surface area contributed by atoms with Gasteiger partial charge in [0.2, 0.25) is 0 Å². The molecular weight excluding hydrogens is 244 g/mol. The summed E-state index contributed by atoms with van der Waals surface area (Å²) in [5.41, 5.74) is 1.11. The van der Waals surface area contributed by atoms with Crippen LogP contribution in [0, 0.1) is 11.3 Å². The Kier molecular flexibility index (Phi) is 7.29. The fourth-order valence-electron chi connectivity index (χ4n) is 2.85. The van der Waals surface area contributed by atoms with Gasteiger partial charge in [-0.1, -0.05) is 56.1 Å². The Morgan fingerprint density at radius 2 is 1.95 bits per heavy atom. The van der Waals surface area contributed by atoms with E-state index in [1.807, 2.05) is 12.2 Å². The predicted molar refractivity (Wildman–Crippen MR) is 88.7 cm³/mol. The number of aliphatic hydroxyl groups is 1. The minimum absolute atomic E-state index is 0.225. The van der Waals surface area contributed by atoms with E-state index >= 15 is 0 Å². The van der Waals surface area contributed by atoms with E-state index < -0.39 is 6.10 Å². The van der Waals surface area contributed by atoms with Crippen molar-refractivity contribution in [2.75, 3.05) is 0 Å². The minimum Gasteiger partial charge on any atom is -0.388 e. The molecule has 2 atom stereocenters. The van der Waals surface area contributed by atoms with Crippen molar-refractivity contribution in [1.29, 1.82) is 0 Å². The van der Waals surface area contributed by atoms with Gasteiger partial charge in [-0.05, 0) is 45.4 Å². The maximum Gasteiger partial charge on any atom is 0.0808 e. The molecule has 1 aliphatic carbocycles. The summed E-state index contributed by atoms with van der Waals surface area (Å²) in [6, 6.07) is 0. The fourth-order valence-corrected chi connectivity index (χ4v) is 2.85. The van der Waals surface area contributed by atoms with Crippen LogP contribution in [0.15, 0.2) is 36.5 Å². The largest absolute Gasteiger partial charge is 0.388 e. The van der Waals surface area contributed by atoms with Crippen molar-refractivity contribution in [3.8, 4) is 0 Å². The zero-order chi connectivity index (χ0) is 15.0. The molecule has 1 aliphatic rings. The van der Waals surface area contributed by atoms with Crippen molar-refractivity contribution >= 4 is 0 Å². The normalized spacial score (nSPS) is 21.4. The molecule has 0 unspecified atom stereocenters. The summed E-state index contributed by atoms with van der Waals surface area (Å²) in [4.78, 5) is 0. The van der Waals surface area contributed by atoms with Crippen molar-refractivity contribution in [3.05, 3.63) is 36.5 Å². The van der Waals surface area contributed by atoms with Crippen LogP contribution in [0.4, 0.5) is 0 Å². The van der Waals surface area contributed by atoms with Gasteiger partial charge in [-0.15, -0.1) is 6.58 Å². The Labute approximate surface area is 125 Å². The molecular formula is C19H32O. The SMILES string of the molecule is C=C[C@](C)(CCC=C(C)C)[C@@H](O)/C=C/C1CCCCC1. The molecule has 0 spiro atoms. The zero-order valence-electron chi connectivity index (χ0n) is 13.6. The van der Waals surface area contributed by atoms with Gasteiger partial charge in [0.15, 0.2) is 0 Å². The first-order valence-electron chi connectivity index (χ1n) is 8.11. The average Bonchev–Trinajstić information content (AvgIpc) is 2.45. The molecule has 1 saturated carbocycles. The molecule has 0 aliphatic heterocycles. The zero-order valence-corrected chi connectivity index (χ0v) is 13.6. The van der Waals surface area contributed by atoms with Crippen LogP contribution in [0.5, 0.6) is 0 Å². The van der Waals surface area contributed by atoms with E-state index in [-0.39, 0.29) is 5.41 Å². The second-order valence-corrected chi connectivity index (χ2v) is 6.76.